The first-order valence-electron chi connectivity index (χ1n) is 7.27. The van der Waals surface area contributed by atoms with Gasteiger partial charge in [0.25, 0.3) is 0 Å². The summed E-state index contributed by atoms with van der Waals surface area (Å²) in [7, 11) is 0. The second kappa shape index (κ2) is 5.93. The molecule has 0 radical (unpaired) electrons. The summed E-state index contributed by atoms with van der Waals surface area (Å²) in [5.41, 5.74) is -1.78. The van der Waals surface area contributed by atoms with Gasteiger partial charge in [0.15, 0.2) is 5.60 Å². The summed E-state index contributed by atoms with van der Waals surface area (Å²) >= 11 is 0. The number of benzene rings is 1. The molecule has 0 unspecified atom stereocenters. The first-order chi connectivity index (χ1) is 10.9. The smallest absolute Gasteiger partial charge is 0.380 e. The summed E-state index contributed by atoms with van der Waals surface area (Å²) in [5.74, 6) is 0.797. The number of halogens is 3. The number of hydrogen-bond donors (Lipinski definition) is 1. The van der Waals surface area contributed by atoms with Gasteiger partial charge < -0.3 is 9.63 Å². The van der Waals surface area contributed by atoms with Crippen molar-refractivity contribution in [3.63, 3.8) is 0 Å². The third-order valence-corrected chi connectivity index (χ3v) is 4.07. The van der Waals surface area contributed by atoms with Crippen molar-refractivity contribution < 1.29 is 22.8 Å². The van der Waals surface area contributed by atoms with E-state index in [2.05, 4.69) is 10.1 Å². The first-order valence-corrected chi connectivity index (χ1v) is 7.27. The van der Waals surface area contributed by atoms with E-state index in [1.165, 1.54) is 0 Å². The van der Waals surface area contributed by atoms with Gasteiger partial charge in [0.1, 0.15) is 0 Å². The number of piperidine rings is 1. The molecular weight excluding hydrogens is 311 g/mol. The molecule has 5 nitrogen and oxygen atoms in total. The van der Waals surface area contributed by atoms with Crippen molar-refractivity contribution in [3.8, 4) is 11.4 Å². The molecule has 1 aliphatic heterocycles. The molecule has 0 spiro atoms. The molecule has 0 saturated carbocycles. The van der Waals surface area contributed by atoms with Crippen molar-refractivity contribution in [3.05, 3.63) is 36.2 Å². The Kier molecular flexibility index (Phi) is 4.11. The summed E-state index contributed by atoms with van der Waals surface area (Å²) in [6.45, 7) is 0.520. The van der Waals surface area contributed by atoms with E-state index >= 15 is 0 Å². The maximum atomic E-state index is 12.8. The maximum absolute atomic E-state index is 12.8. The van der Waals surface area contributed by atoms with Crippen LogP contribution in [-0.2, 0) is 6.54 Å². The van der Waals surface area contributed by atoms with Gasteiger partial charge in [-0.25, -0.2) is 0 Å². The number of hydrogen-bond acceptors (Lipinski definition) is 5. The molecule has 3 rings (SSSR count). The quantitative estimate of drug-likeness (QED) is 0.939. The van der Waals surface area contributed by atoms with Crippen molar-refractivity contribution in [1.82, 2.24) is 15.0 Å². The second-order valence-electron chi connectivity index (χ2n) is 5.68. The number of aromatic nitrogens is 2. The fourth-order valence-corrected chi connectivity index (χ4v) is 2.58. The molecule has 23 heavy (non-hydrogen) atoms. The van der Waals surface area contributed by atoms with E-state index in [4.69, 9.17) is 4.52 Å². The molecule has 1 aromatic carbocycles. The molecule has 2 heterocycles. The number of likely N-dealkylation sites (tertiary alicyclic amines) is 1. The Morgan fingerprint density at radius 2 is 1.83 bits per heavy atom. The normalized spacial score (nSPS) is 19.0. The zero-order chi connectivity index (χ0) is 16.5. The van der Waals surface area contributed by atoms with E-state index in [9.17, 15) is 18.3 Å². The standard InChI is InChI=1S/C15H16F3N3O2/c16-15(17,18)14(22)6-8-21(9-7-14)10-12-19-13(20-23-12)11-4-2-1-3-5-11/h1-5,22H,6-10H2. The lowest BCUT2D eigenvalue weighted by atomic mass is 9.91. The zero-order valence-corrected chi connectivity index (χ0v) is 12.3. The van der Waals surface area contributed by atoms with Crippen molar-refractivity contribution in [2.75, 3.05) is 13.1 Å². The SMILES string of the molecule is OC1(C(F)(F)F)CCN(Cc2nc(-c3ccccc3)no2)CC1. The molecular formula is C15H16F3N3O2. The molecule has 0 bridgehead atoms. The van der Waals surface area contributed by atoms with Crippen LogP contribution in [0.1, 0.15) is 18.7 Å². The first kappa shape index (κ1) is 15.9. The highest BCUT2D eigenvalue weighted by Gasteiger charge is 2.54. The van der Waals surface area contributed by atoms with E-state index in [-0.39, 0.29) is 32.5 Å². The van der Waals surface area contributed by atoms with Crippen LogP contribution in [0.3, 0.4) is 0 Å². The summed E-state index contributed by atoms with van der Waals surface area (Å²) in [4.78, 5) is 6.02. The van der Waals surface area contributed by atoms with E-state index in [1.807, 2.05) is 30.3 Å². The molecule has 1 aliphatic rings. The van der Waals surface area contributed by atoms with E-state index in [1.54, 1.807) is 4.90 Å². The molecule has 0 amide bonds. The minimum atomic E-state index is -4.59. The summed E-state index contributed by atoms with van der Waals surface area (Å²) in [5, 5.41) is 13.5. The fraction of sp³-hybridized carbons (Fsp3) is 0.467. The predicted molar refractivity (Wildman–Crippen MR) is 75.2 cm³/mol. The second-order valence-corrected chi connectivity index (χ2v) is 5.68. The molecule has 1 fully saturated rings. The third-order valence-electron chi connectivity index (χ3n) is 4.07. The number of alkyl halides is 3. The Balaban J connectivity index is 1.61. The lowest BCUT2D eigenvalue weighted by Crippen LogP contribution is -2.53. The van der Waals surface area contributed by atoms with Gasteiger partial charge in [0.2, 0.25) is 11.7 Å². The summed E-state index contributed by atoms with van der Waals surface area (Å²) < 4.78 is 43.4. The van der Waals surface area contributed by atoms with Gasteiger partial charge in [0, 0.05) is 18.7 Å². The average molecular weight is 327 g/mol. The summed E-state index contributed by atoms with van der Waals surface area (Å²) in [6, 6.07) is 9.28. The molecule has 124 valence electrons. The van der Waals surface area contributed by atoms with E-state index in [0.29, 0.717) is 11.7 Å². The van der Waals surface area contributed by atoms with Gasteiger partial charge in [-0.3, -0.25) is 4.90 Å². The van der Waals surface area contributed by atoms with Crippen LogP contribution in [0.25, 0.3) is 11.4 Å². The van der Waals surface area contributed by atoms with Gasteiger partial charge in [-0.05, 0) is 12.8 Å². The Hall–Kier alpha value is -1.93. The van der Waals surface area contributed by atoms with Gasteiger partial charge in [-0.2, -0.15) is 18.2 Å². The molecule has 8 heteroatoms. The van der Waals surface area contributed by atoms with Gasteiger partial charge in [-0.15, -0.1) is 0 Å². The van der Waals surface area contributed by atoms with Crippen LogP contribution in [-0.4, -0.2) is 45.0 Å². The van der Waals surface area contributed by atoms with Crippen molar-refractivity contribution in [2.45, 2.75) is 31.2 Å². The zero-order valence-electron chi connectivity index (χ0n) is 12.3. The number of rotatable bonds is 3. The number of nitrogens with zero attached hydrogens (tertiary/aromatic N) is 3. The van der Waals surface area contributed by atoms with Gasteiger partial charge in [-0.1, -0.05) is 35.5 Å². The summed E-state index contributed by atoms with van der Waals surface area (Å²) in [6.07, 6.45) is -5.30. The topological polar surface area (TPSA) is 62.4 Å². The van der Waals surface area contributed by atoms with Crippen LogP contribution in [0.2, 0.25) is 0 Å². The van der Waals surface area contributed by atoms with Crippen molar-refractivity contribution in [2.24, 2.45) is 0 Å². The number of aliphatic hydroxyl groups is 1. The molecule has 0 atom stereocenters. The predicted octanol–water partition coefficient (Wildman–Crippen LogP) is 2.63. The van der Waals surface area contributed by atoms with Crippen LogP contribution < -0.4 is 0 Å². The van der Waals surface area contributed by atoms with Gasteiger partial charge >= 0.3 is 6.18 Å². The van der Waals surface area contributed by atoms with Crippen molar-refractivity contribution >= 4 is 0 Å². The average Bonchev–Trinajstić information content (AvgIpc) is 2.98. The maximum Gasteiger partial charge on any atom is 0.417 e. The minimum Gasteiger partial charge on any atom is -0.380 e. The fourth-order valence-electron chi connectivity index (χ4n) is 2.58. The van der Waals surface area contributed by atoms with Crippen LogP contribution >= 0.6 is 0 Å². The van der Waals surface area contributed by atoms with Crippen LogP contribution in [0.5, 0.6) is 0 Å². The highest BCUT2D eigenvalue weighted by Crippen LogP contribution is 2.38. The molecule has 1 aromatic heterocycles. The largest absolute Gasteiger partial charge is 0.417 e. The van der Waals surface area contributed by atoms with Crippen LogP contribution in [0.4, 0.5) is 13.2 Å². The molecule has 1 N–H and O–H groups in total. The lowest BCUT2D eigenvalue weighted by molar-refractivity contribution is -0.273. The minimum absolute atomic E-state index is 0.124. The Labute approximate surface area is 130 Å². The molecule has 0 aliphatic carbocycles. The molecule has 2 aromatic rings. The van der Waals surface area contributed by atoms with Gasteiger partial charge in [0.05, 0.1) is 6.54 Å². The van der Waals surface area contributed by atoms with Crippen LogP contribution in [0, 0.1) is 0 Å². The van der Waals surface area contributed by atoms with E-state index in [0.717, 1.165) is 5.56 Å². The Morgan fingerprint density at radius 3 is 2.43 bits per heavy atom. The van der Waals surface area contributed by atoms with E-state index < -0.39 is 11.8 Å². The Bertz CT molecular complexity index is 649. The highest BCUT2D eigenvalue weighted by atomic mass is 19.4. The third kappa shape index (κ3) is 3.37. The van der Waals surface area contributed by atoms with Crippen molar-refractivity contribution in [1.29, 1.82) is 0 Å². The highest BCUT2D eigenvalue weighted by molar-refractivity contribution is 5.53. The lowest BCUT2D eigenvalue weighted by Gasteiger charge is -2.38. The van der Waals surface area contributed by atoms with Crippen LogP contribution in [0.15, 0.2) is 34.9 Å². The monoisotopic (exact) mass is 327 g/mol. The Morgan fingerprint density at radius 1 is 1.17 bits per heavy atom. The molecule has 1 saturated heterocycles.